The number of thiol groups is 1. The number of carbonyl (C=O) groups excluding carboxylic acids is 1. The molecule has 0 amide bonds. The van der Waals surface area contributed by atoms with E-state index in [9.17, 15) is 4.79 Å². The van der Waals surface area contributed by atoms with Crippen molar-refractivity contribution >= 4 is 17.7 Å². The van der Waals surface area contributed by atoms with Crippen molar-refractivity contribution in [2.45, 2.75) is 6.42 Å². The highest BCUT2D eigenvalue weighted by molar-refractivity contribution is 7.96. The molecule has 92 valence electrons. The Hall–Kier alpha value is -0.580. The summed E-state index contributed by atoms with van der Waals surface area (Å²) in [6.45, 7) is 11.5. The Morgan fingerprint density at radius 2 is 1.81 bits per heavy atom. The summed E-state index contributed by atoms with van der Waals surface area (Å²) in [4.78, 5) is 15.0. The molecule has 0 saturated carbocycles. The van der Waals surface area contributed by atoms with Crippen LogP contribution in [0.4, 0.5) is 0 Å². The van der Waals surface area contributed by atoms with Crippen molar-refractivity contribution in [3.63, 3.8) is 0 Å². The van der Waals surface area contributed by atoms with Crippen LogP contribution in [-0.4, -0.2) is 54.7 Å². The zero-order valence-corrected chi connectivity index (χ0v) is 11.0. The van der Waals surface area contributed by atoms with E-state index in [2.05, 4.69) is 30.7 Å². The number of rotatable bonds is 10. The van der Waals surface area contributed by atoms with E-state index in [-0.39, 0.29) is 5.12 Å². The maximum absolute atomic E-state index is 10.7. The van der Waals surface area contributed by atoms with Crippen LogP contribution in [0.15, 0.2) is 25.3 Å². The predicted molar refractivity (Wildman–Crippen MR) is 72.9 cm³/mol. The first kappa shape index (κ1) is 15.4. The smallest absolute Gasteiger partial charge is 0.199 e. The van der Waals surface area contributed by atoms with Gasteiger partial charge in [-0.1, -0.05) is 12.2 Å². The number of likely N-dealkylation sites (N-methyl/N-ethyl adjacent to an activating group) is 1. The first-order valence-electron chi connectivity index (χ1n) is 5.44. The fraction of sp³-hybridized carbons (Fsp3) is 0.583. The molecule has 0 fully saturated rings. The predicted octanol–water partition coefficient (Wildman–Crippen LogP) is 1.44. The molecule has 0 unspecified atom stereocenters. The van der Waals surface area contributed by atoms with Gasteiger partial charge in [-0.3, -0.25) is 14.6 Å². The molecule has 3 nitrogen and oxygen atoms in total. The molecule has 0 bridgehead atoms. The molecule has 0 aliphatic rings. The molecule has 0 radical (unpaired) electrons. The van der Waals surface area contributed by atoms with Crippen molar-refractivity contribution in [1.82, 2.24) is 9.80 Å². The van der Waals surface area contributed by atoms with Crippen molar-refractivity contribution in [2.75, 3.05) is 39.8 Å². The lowest BCUT2D eigenvalue weighted by Crippen LogP contribution is -2.30. The standard InChI is InChI=1S/C12H22N2OS/c1-4-7-14(8-5-2)10-6-9-13(3)11-12(15)16/h4-5H,1-2,6-11H2,3H3,(H,15,16). The van der Waals surface area contributed by atoms with Gasteiger partial charge in [-0.05, 0) is 20.0 Å². The van der Waals surface area contributed by atoms with Gasteiger partial charge in [-0.15, -0.1) is 25.8 Å². The highest BCUT2D eigenvalue weighted by Crippen LogP contribution is 1.95. The molecule has 4 heteroatoms. The van der Waals surface area contributed by atoms with E-state index in [1.165, 1.54) is 0 Å². The molecular weight excluding hydrogens is 220 g/mol. The molecule has 16 heavy (non-hydrogen) atoms. The molecular formula is C12H22N2OS. The van der Waals surface area contributed by atoms with Gasteiger partial charge in [0.25, 0.3) is 0 Å². The average Bonchev–Trinajstić information content (AvgIpc) is 2.17. The van der Waals surface area contributed by atoms with Gasteiger partial charge in [0.1, 0.15) is 0 Å². The first-order chi connectivity index (χ1) is 7.60. The van der Waals surface area contributed by atoms with Crippen LogP contribution < -0.4 is 0 Å². The highest BCUT2D eigenvalue weighted by Gasteiger charge is 2.04. The SMILES string of the molecule is C=CCN(CC=C)CCCN(C)CC(=O)S. The zero-order valence-electron chi connectivity index (χ0n) is 10.1. The molecule has 0 aromatic heterocycles. The van der Waals surface area contributed by atoms with Crippen LogP contribution in [0.3, 0.4) is 0 Å². The van der Waals surface area contributed by atoms with Crippen LogP contribution in [0.1, 0.15) is 6.42 Å². The molecule has 0 saturated heterocycles. The largest absolute Gasteiger partial charge is 0.298 e. The van der Waals surface area contributed by atoms with Crippen LogP contribution in [0.5, 0.6) is 0 Å². The molecule has 0 rings (SSSR count). The fourth-order valence-electron chi connectivity index (χ4n) is 1.50. The van der Waals surface area contributed by atoms with Crippen molar-refractivity contribution in [3.05, 3.63) is 25.3 Å². The van der Waals surface area contributed by atoms with Crippen LogP contribution in [0.2, 0.25) is 0 Å². The number of nitrogens with zero attached hydrogens (tertiary/aromatic N) is 2. The Bertz CT molecular complexity index is 221. The summed E-state index contributed by atoms with van der Waals surface area (Å²) < 4.78 is 0. The van der Waals surface area contributed by atoms with Gasteiger partial charge in [0.2, 0.25) is 0 Å². The van der Waals surface area contributed by atoms with E-state index in [0.29, 0.717) is 6.54 Å². The Labute approximate surface area is 104 Å². The lowest BCUT2D eigenvalue weighted by molar-refractivity contribution is -0.111. The number of hydrogen-bond acceptors (Lipinski definition) is 3. The highest BCUT2D eigenvalue weighted by atomic mass is 32.1. The molecule has 0 N–H and O–H groups in total. The maximum Gasteiger partial charge on any atom is 0.199 e. The van der Waals surface area contributed by atoms with E-state index in [1.54, 1.807) is 0 Å². The van der Waals surface area contributed by atoms with E-state index >= 15 is 0 Å². The number of hydrogen-bond donors (Lipinski definition) is 1. The van der Waals surface area contributed by atoms with Crippen molar-refractivity contribution < 1.29 is 4.79 Å². The number of carbonyl (C=O) groups is 1. The second kappa shape index (κ2) is 9.63. The zero-order chi connectivity index (χ0) is 12.4. The molecule has 0 atom stereocenters. The second-order valence-electron chi connectivity index (χ2n) is 3.82. The normalized spacial score (nSPS) is 10.8. The molecule has 0 aromatic carbocycles. The second-order valence-corrected chi connectivity index (χ2v) is 4.32. The van der Waals surface area contributed by atoms with Gasteiger partial charge < -0.3 is 0 Å². The van der Waals surface area contributed by atoms with E-state index in [1.807, 2.05) is 24.1 Å². The van der Waals surface area contributed by atoms with Gasteiger partial charge in [0.15, 0.2) is 5.12 Å². The minimum atomic E-state index is -0.0865. The molecule has 0 aliphatic carbocycles. The van der Waals surface area contributed by atoms with E-state index in [0.717, 1.165) is 32.6 Å². The quantitative estimate of drug-likeness (QED) is 0.463. The lowest BCUT2D eigenvalue weighted by atomic mass is 10.3. The lowest BCUT2D eigenvalue weighted by Gasteiger charge is -2.20. The average molecular weight is 242 g/mol. The Morgan fingerprint density at radius 3 is 2.25 bits per heavy atom. The van der Waals surface area contributed by atoms with Gasteiger partial charge in [-0.25, -0.2) is 0 Å². The topological polar surface area (TPSA) is 23.6 Å². The van der Waals surface area contributed by atoms with Gasteiger partial charge in [0, 0.05) is 19.6 Å². The third-order valence-corrected chi connectivity index (χ3v) is 2.34. The first-order valence-corrected chi connectivity index (χ1v) is 5.89. The minimum absolute atomic E-state index is 0.0865. The van der Waals surface area contributed by atoms with E-state index < -0.39 is 0 Å². The summed E-state index contributed by atoms with van der Waals surface area (Å²) in [5.74, 6) is 0. The van der Waals surface area contributed by atoms with Crippen LogP contribution in [0.25, 0.3) is 0 Å². The summed E-state index contributed by atoms with van der Waals surface area (Å²) in [7, 11) is 1.93. The molecule has 0 spiro atoms. The summed E-state index contributed by atoms with van der Waals surface area (Å²) in [5.41, 5.74) is 0. The summed E-state index contributed by atoms with van der Waals surface area (Å²) >= 11 is 3.75. The minimum Gasteiger partial charge on any atom is -0.298 e. The summed E-state index contributed by atoms with van der Waals surface area (Å²) in [6, 6.07) is 0. The summed E-state index contributed by atoms with van der Waals surface area (Å²) in [6.07, 6.45) is 4.81. The molecule has 0 heterocycles. The maximum atomic E-state index is 10.7. The van der Waals surface area contributed by atoms with Crippen LogP contribution >= 0.6 is 12.6 Å². The van der Waals surface area contributed by atoms with Gasteiger partial charge in [-0.2, -0.15) is 0 Å². The van der Waals surface area contributed by atoms with Gasteiger partial charge in [0.05, 0.1) is 6.54 Å². The van der Waals surface area contributed by atoms with E-state index in [4.69, 9.17) is 0 Å². The van der Waals surface area contributed by atoms with Crippen molar-refractivity contribution in [3.8, 4) is 0 Å². The third kappa shape index (κ3) is 8.71. The Kier molecular flexibility index (Phi) is 9.28. The monoisotopic (exact) mass is 242 g/mol. The molecule has 0 aromatic rings. The Balaban J connectivity index is 3.70. The van der Waals surface area contributed by atoms with Crippen molar-refractivity contribution in [1.29, 1.82) is 0 Å². The Morgan fingerprint density at radius 1 is 1.25 bits per heavy atom. The van der Waals surface area contributed by atoms with Crippen LogP contribution in [0, 0.1) is 0 Å². The van der Waals surface area contributed by atoms with Crippen molar-refractivity contribution in [2.24, 2.45) is 0 Å². The fourth-order valence-corrected chi connectivity index (χ4v) is 1.74. The third-order valence-electron chi connectivity index (χ3n) is 2.19. The van der Waals surface area contributed by atoms with Crippen LogP contribution in [-0.2, 0) is 4.79 Å². The van der Waals surface area contributed by atoms with Gasteiger partial charge >= 0.3 is 0 Å². The molecule has 0 aliphatic heterocycles. The summed E-state index contributed by atoms with van der Waals surface area (Å²) in [5, 5.41) is -0.0865.